The second kappa shape index (κ2) is 11.5. The largest absolute Gasteiger partial charge is 0.309 e. The fourth-order valence-corrected chi connectivity index (χ4v) is 7.19. The lowest BCUT2D eigenvalue weighted by Crippen LogP contribution is -1.93. The Hall–Kier alpha value is -6.64. The highest BCUT2D eigenvalue weighted by Crippen LogP contribution is 2.39. The van der Waals surface area contributed by atoms with Gasteiger partial charge in [-0.3, -0.25) is 0 Å². The average molecular weight is 644 g/mol. The van der Waals surface area contributed by atoms with Gasteiger partial charge in [-0.05, 0) is 94.0 Å². The summed E-state index contributed by atoms with van der Waals surface area (Å²) < 4.78 is 67.3. The van der Waals surface area contributed by atoms with Crippen LogP contribution in [-0.4, -0.2) is 9.13 Å². The number of para-hydroxylation sites is 3. The van der Waals surface area contributed by atoms with Crippen LogP contribution in [0.5, 0.6) is 0 Å². The highest BCUT2D eigenvalue weighted by molar-refractivity contribution is 6.13. The van der Waals surface area contributed by atoms with E-state index in [2.05, 4.69) is 71.3 Å². The van der Waals surface area contributed by atoms with Gasteiger partial charge in [0.2, 0.25) is 0 Å². The summed E-state index contributed by atoms with van der Waals surface area (Å²) in [7, 11) is 0. The Balaban J connectivity index is 1.21. The first-order chi connectivity index (χ1) is 27.7. The van der Waals surface area contributed by atoms with E-state index in [0.29, 0.717) is 11.3 Å². The molecule has 2 nitrogen and oxygen atoms in total. The van der Waals surface area contributed by atoms with Gasteiger partial charge in [0.15, 0.2) is 0 Å². The van der Waals surface area contributed by atoms with E-state index in [1.54, 1.807) is 16.7 Å². The average Bonchev–Trinajstić information content (AvgIpc) is 3.79. The maximum absolute atomic E-state index is 9.69. The fourth-order valence-electron chi connectivity index (χ4n) is 7.19. The molecule has 234 valence electrons. The number of rotatable bonds is 5. The molecule has 0 atom stereocenters. The van der Waals surface area contributed by atoms with E-state index in [0.717, 1.165) is 49.7 Å². The van der Waals surface area contributed by atoms with Gasteiger partial charge in [0, 0.05) is 32.9 Å². The van der Waals surface area contributed by atoms with Crippen LogP contribution in [0.4, 0.5) is 0 Å². The molecule has 0 amide bonds. The van der Waals surface area contributed by atoms with Crippen molar-refractivity contribution in [1.82, 2.24) is 9.13 Å². The van der Waals surface area contributed by atoms with Crippen LogP contribution in [0.3, 0.4) is 0 Å². The third-order valence-electron chi connectivity index (χ3n) is 9.57. The summed E-state index contributed by atoms with van der Waals surface area (Å²) in [6.45, 7) is 0. The van der Waals surface area contributed by atoms with E-state index >= 15 is 0 Å². The smallest absolute Gasteiger partial charge is 0.0645 e. The summed E-state index contributed by atoms with van der Waals surface area (Å²) in [6, 6.07) is 48.6. The molecule has 10 rings (SSSR count). The normalized spacial score (nSPS) is 13.6. The van der Waals surface area contributed by atoms with Crippen LogP contribution in [0.25, 0.3) is 88.4 Å². The summed E-state index contributed by atoms with van der Waals surface area (Å²) in [6.07, 6.45) is 0. The zero-order valence-corrected chi connectivity index (χ0v) is 26.8. The number of fused-ring (bicyclic) bond motifs is 6. The van der Waals surface area contributed by atoms with Gasteiger partial charge in [-0.1, -0.05) is 133 Å². The van der Waals surface area contributed by atoms with E-state index in [9.17, 15) is 4.11 Å². The minimum Gasteiger partial charge on any atom is -0.309 e. The molecule has 0 radical (unpaired) electrons. The van der Waals surface area contributed by atoms with Gasteiger partial charge < -0.3 is 9.13 Å². The predicted molar refractivity (Wildman–Crippen MR) is 211 cm³/mol. The van der Waals surface area contributed by atoms with Crippen molar-refractivity contribution in [3.63, 3.8) is 0 Å². The highest BCUT2D eigenvalue weighted by atomic mass is 15.0. The lowest BCUT2D eigenvalue weighted by molar-refractivity contribution is 1.18. The van der Waals surface area contributed by atoms with Crippen molar-refractivity contribution >= 4 is 43.6 Å². The Bertz CT molecular complexity index is 3230. The zero-order valence-electron chi connectivity index (χ0n) is 33.8. The van der Waals surface area contributed by atoms with Crippen molar-refractivity contribution in [2.45, 2.75) is 0 Å². The molecule has 0 N–H and O–H groups in total. The monoisotopic (exact) mass is 643 g/mol. The van der Waals surface area contributed by atoms with Crippen LogP contribution in [0.1, 0.15) is 9.60 Å². The number of benzene rings is 8. The number of aromatic nitrogens is 2. The SMILES string of the molecule is [2H]c1c([2H])c([2H])c2c(c1[2H])c1c([2H])c(-c3ccc4c(c3)c3ccc(-c5ccc(-c6ccccc6)cc5)cc3n4-c3ccccc3)c([2H])c([2H])c1n2-c1ccccc1. The second-order valence-electron chi connectivity index (χ2n) is 12.4. The standard InChI is InChI=1S/C48H32N2/c1-4-12-33(13-5-1)34-20-22-35(23-21-34)38-24-27-42-44-31-37(26-29-47(44)50(48(42)32-38)40-16-8-3-9-17-40)36-25-28-46-43(30-36)41-18-10-11-19-45(41)49(46)39-14-6-2-7-15-39/h1-32H/i10D,11D,18D,19D,25D,28D,30D. The fraction of sp³-hybridized carbons (Fsp3) is 0. The van der Waals surface area contributed by atoms with Gasteiger partial charge in [-0.2, -0.15) is 0 Å². The summed E-state index contributed by atoms with van der Waals surface area (Å²) in [5.74, 6) is 0. The van der Waals surface area contributed by atoms with Crippen LogP contribution in [-0.2, 0) is 0 Å². The van der Waals surface area contributed by atoms with E-state index in [-0.39, 0.29) is 57.6 Å². The molecule has 0 aliphatic carbocycles. The first kappa shape index (κ1) is 22.1. The summed E-state index contributed by atoms with van der Waals surface area (Å²) in [5, 5.41) is 2.27. The molecule has 0 saturated carbocycles. The van der Waals surface area contributed by atoms with Gasteiger partial charge in [-0.25, -0.2) is 0 Å². The molecule has 8 aromatic carbocycles. The zero-order chi connectivity index (χ0) is 39.1. The molecule has 0 aliphatic heterocycles. The van der Waals surface area contributed by atoms with Crippen molar-refractivity contribution in [2.24, 2.45) is 0 Å². The molecule has 0 bridgehead atoms. The predicted octanol–water partition coefficient (Wildman–Crippen LogP) is 12.9. The molecule has 0 fully saturated rings. The maximum atomic E-state index is 9.69. The second-order valence-corrected chi connectivity index (χ2v) is 12.4. The summed E-state index contributed by atoms with van der Waals surface area (Å²) in [5.41, 5.74) is 9.13. The Labute approximate surface area is 300 Å². The van der Waals surface area contributed by atoms with E-state index in [4.69, 9.17) is 5.48 Å². The van der Waals surface area contributed by atoms with Crippen molar-refractivity contribution in [1.29, 1.82) is 0 Å². The molecular weight excluding hydrogens is 605 g/mol. The molecule has 2 aromatic heterocycles. The first-order valence-corrected chi connectivity index (χ1v) is 16.6. The molecule has 0 spiro atoms. The van der Waals surface area contributed by atoms with Gasteiger partial charge in [0.25, 0.3) is 0 Å². The van der Waals surface area contributed by atoms with Crippen molar-refractivity contribution in [3.8, 4) is 44.8 Å². The first-order valence-electron chi connectivity index (χ1n) is 20.1. The Morgan fingerprint density at radius 1 is 0.320 bits per heavy atom. The van der Waals surface area contributed by atoms with Crippen LogP contribution in [0, 0.1) is 0 Å². The lowest BCUT2D eigenvalue weighted by atomic mass is 9.98. The van der Waals surface area contributed by atoms with Gasteiger partial charge in [0.1, 0.15) is 0 Å². The Morgan fingerprint density at radius 2 is 0.860 bits per heavy atom. The van der Waals surface area contributed by atoms with E-state index in [1.807, 2.05) is 72.8 Å². The quantitative estimate of drug-likeness (QED) is 0.177. The number of nitrogens with zero attached hydrogens (tertiary/aromatic N) is 2. The van der Waals surface area contributed by atoms with Crippen molar-refractivity contribution in [2.75, 3.05) is 0 Å². The molecular formula is C48H32N2. The topological polar surface area (TPSA) is 9.86 Å². The van der Waals surface area contributed by atoms with E-state index in [1.165, 1.54) is 0 Å². The highest BCUT2D eigenvalue weighted by Gasteiger charge is 2.17. The van der Waals surface area contributed by atoms with Crippen LogP contribution >= 0.6 is 0 Å². The molecule has 50 heavy (non-hydrogen) atoms. The lowest BCUT2D eigenvalue weighted by Gasteiger charge is -2.10. The Morgan fingerprint density at radius 3 is 1.58 bits per heavy atom. The van der Waals surface area contributed by atoms with Crippen LogP contribution in [0.15, 0.2) is 194 Å². The molecule has 2 heteroatoms. The summed E-state index contributed by atoms with van der Waals surface area (Å²) in [4.78, 5) is 0. The molecule has 0 aliphatic rings. The minimum atomic E-state index is -0.413. The van der Waals surface area contributed by atoms with Crippen LogP contribution < -0.4 is 0 Å². The van der Waals surface area contributed by atoms with Crippen molar-refractivity contribution in [3.05, 3.63) is 194 Å². The minimum absolute atomic E-state index is 0.0666. The third kappa shape index (κ3) is 4.57. The summed E-state index contributed by atoms with van der Waals surface area (Å²) >= 11 is 0. The van der Waals surface area contributed by atoms with Gasteiger partial charge in [0.05, 0.1) is 31.7 Å². The molecule has 0 saturated heterocycles. The Kier molecular flexibility index (Phi) is 5.08. The van der Waals surface area contributed by atoms with Crippen LogP contribution in [0.2, 0.25) is 0 Å². The van der Waals surface area contributed by atoms with Gasteiger partial charge >= 0.3 is 0 Å². The maximum Gasteiger partial charge on any atom is 0.0645 e. The third-order valence-corrected chi connectivity index (χ3v) is 9.57. The molecule has 2 heterocycles. The number of hydrogen-bond donors (Lipinski definition) is 0. The number of hydrogen-bond acceptors (Lipinski definition) is 0. The van der Waals surface area contributed by atoms with Gasteiger partial charge in [-0.15, -0.1) is 0 Å². The molecule has 10 aromatic rings. The molecule has 0 unspecified atom stereocenters. The van der Waals surface area contributed by atoms with E-state index < -0.39 is 12.1 Å². The van der Waals surface area contributed by atoms with Crippen molar-refractivity contribution < 1.29 is 9.60 Å².